The van der Waals surface area contributed by atoms with E-state index in [1.54, 1.807) is 6.07 Å². The summed E-state index contributed by atoms with van der Waals surface area (Å²) < 4.78 is 48.5. The van der Waals surface area contributed by atoms with Gasteiger partial charge in [0.1, 0.15) is 11.5 Å². The monoisotopic (exact) mass is 608 g/mol. The summed E-state index contributed by atoms with van der Waals surface area (Å²) in [5, 5.41) is 0. The maximum atomic E-state index is 13.9. The highest BCUT2D eigenvalue weighted by Gasteiger charge is 2.32. The van der Waals surface area contributed by atoms with Crippen LogP contribution in [0.2, 0.25) is 0 Å². The number of hydrogen-bond donors (Lipinski definition) is 0. The van der Waals surface area contributed by atoms with Crippen LogP contribution in [0.25, 0.3) is 44.9 Å². The third-order valence-electron chi connectivity index (χ3n) is 8.45. The number of alkyl halides is 3. The summed E-state index contributed by atoms with van der Waals surface area (Å²) in [6, 6.07) is 30.5. The van der Waals surface area contributed by atoms with Crippen molar-refractivity contribution >= 4 is 0 Å². The standard InChI is InChI=1S/C41H43F3O/c1-38(2,3)30-19-13-26(14-20-30)34-35(27-15-21-31(22-16-27)39(4,5)6)37(29-11-10-12-33(25-29)41(42,43)44)45-36(34)28-17-23-32(24-18-28)40(7,8)9/h10-25H,1-9H3. The van der Waals surface area contributed by atoms with Crippen molar-refractivity contribution in [2.45, 2.75) is 84.7 Å². The van der Waals surface area contributed by atoms with E-state index in [1.165, 1.54) is 28.8 Å². The smallest absolute Gasteiger partial charge is 0.416 e. The van der Waals surface area contributed by atoms with Gasteiger partial charge in [0.2, 0.25) is 0 Å². The summed E-state index contributed by atoms with van der Waals surface area (Å²) in [6.45, 7) is 19.5. The quantitative estimate of drug-likeness (QED) is 0.198. The second-order valence-electron chi connectivity index (χ2n) is 15.1. The molecular weight excluding hydrogens is 565 g/mol. The van der Waals surface area contributed by atoms with Crippen molar-refractivity contribution in [3.05, 3.63) is 119 Å². The van der Waals surface area contributed by atoms with Crippen LogP contribution in [0.3, 0.4) is 0 Å². The van der Waals surface area contributed by atoms with Crippen molar-refractivity contribution in [3.63, 3.8) is 0 Å². The molecule has 1 heterocycles. The number of benzene rings is 4. The first kappa shape index (κ1) is 32.3. The van der Waals surface area contributed by atoms with Gasteiger partial charge in [-0.1, -0.05) is 147 Å². The van der Waals surface area contributed by atoms with Crippen molar-refractivity contribution in [1.82, 2.24) is 0 Å². The van der Waals surface area contributed by atoms with Gasteiger partial charge in [-0.15, -0.1) is 0 Å². The summed E-state index contributed by atoms with van der Waals surface area (Å²) in [5.41, 5.74) is 7.42. The Morgan fingerprint density at radius 3 is 1.11 bits per heavy atom. The molecule has 0 bridgehead atoms. The van der Waals surface area contributed by atoms with Gasteiger partial charge in [0.25, 0.3) is 0 Å². The van der Waals surface area contributed by atoms with Crippen LogP contribution in [-0.2, 0) is 22.4 Å². The van der Waals surface area contributed by atoms with Gasteiger partial charge in [-0.25, -0.2) is 0 Å². The van der Waals surface area contributed by atoms with Gasteiger partial charge in [0.05, 0.1) is 5.56 Å². The Bertz CT molecular complexity index is 1780. The molecule has 45 heavy (non-hydrogen) atoms. The van der Waals surface area contributed by atoms with Crippen LogP contribution < -0.4 is 0 Å². The van der Waals surface area contributed by atoms with Crippen LogP contribution in [0.15, 0.2) is 101 Å². The Labute approximate surface area is 266 Å². The molecule has 4 aromatic carbocycles. The maximum absolute atomic E-state index is 13.9. The van der Waals surface area contributed by atoms with E-state index < -0.39 is 11.7 Å². The third-order valence-corrected chi connectivity index (χ3v) is 8.45. The van der Waals surface area contributed by atoms with Gasteiger partial charge in [0, 0.05) is 22.3 Å². The van der Waals surface area contributed by atoms with E-state index in [9.17, 15) is 13.2 Å². The first-order valence-electron chi connectivity index (χ1n) is 15.5. The normalized spacial score (nSPS) is 12.9. The summed E-state index contributed by atoms with van der Waals surface area (Å²) >= 11 is 0. The van der Waals surface area contributed by atoms with Crippen LogP contribution in [0.1, 0.15) is 84.6 Å². The lowest BCUT2D eigenvalue weighted by molar-refractivity contribution is -0.137. The minimum absolute atomic E-state index is 0.0313. The molecule has 0 aliphatic rings. The lowest BCUT2D eigenvalue weighted by Crippen LogP contribution is -2.10. The molecule has 0 saturated heterocycles. The van der Waals surface area contributed by atoms with Crippen LogP contribution in [0, 0.1) is 0 Å². The van der Waals surface area contributed by atoms with Crippen molar-refractivity contribution in [2.75, 3.05) is 0 Å². The minimum atomic E-state index is -4.48. The van der Waals surface area contributed by atoms with Crippen molar-refractivity contribution in [1.29, 1.82) is 0 Å². The molecule has 5 rings (SSSR count). The topological polar surface area (TPSA) is 13.1 Å². The Balaban J connectivity index is 1.85. The summed E-state index contributed by atoms with van der Waals surface area (Å²) in [4.78, 5) is 0. The fraction of sp³-hybridized carbons (Fsp3) is 0.317. The number of furan rings is 1. The molecule has 0 aliphatic carbocycles. The summed E-state index contributed by atoms with van der Waals surface area (Å²) in [7, 11) is 0. The van der Waals surface area contributed by atoms with Crippen molar-refractivity contribution in [2.24, 2.45) is 0 Å². The molecule has 1 aromatic heterocycles. The number of halogens is 3. The van der Waals surface area contributed by atoms with E-state index in [0.29, 0.717) is 17.1 Å². The maximum Gasteiger partial charge on any atom is 0.416 e. The van der Waals surface area contributed by atoms with Gasteiger partial charge in [-0.05, 0) is 56.2 Å². The first-order valence-corrected chi connectivity index (χ1v) is 15.5. The molecule has 5 aromatic rings. The molecule has 0 fully saturated rings. The van der Waals surface area contributed by atoms with Gasteiger partial charge < -0.3 is 4.42 Å². The molecule has 0 unspecified atom stereocenters. The number of hydrogen-bond acceptors (Lipinski definition) is 1. The number of rotatable bonds is 4. The predicted molar refractivity (Wildman–Crippen MR) is 182 cm³/mol. The Kier molecular flexibility index (Phi) is 8.19. The molecule has 0 spiro atoms. The highest BCUT2D eigenvalue weighted by Crippen LogP contribution is 2.49. The molecule has 0 radical (unpaired) electrons. The molecule has 0 atom stereocenters. The van der Waals surface area contributed by atoms with Crippen LogP contribution in [0.4, 0.5) is 13.2 Å². The van der Waals surface area contributed by atoms with Gasteiger partial charge >= 0.3 is 6.18 Å². The highest BCUT2D eigenvalue weighted by atomic mass is 19.4. The molecular formula is C41H43F3O. The molecule has 0 saturated carbocycles. The van der Waals surface area contributed by atoms with Crippen molar-refractivity contribution < 1.29 is 17.6 Å². The van der Waals surface area contributed by atoms with Gasteiger partial charge in [-0.2, -0.15) is 13.2 Å². The van der Waals surface area contributed by atoms with Gasteiger partial charge in [-0.3, -0.25) is 0 Å². The fourth-order valence-electron chi connectivity index (χ4n) is 5.62. The second-order valence-corrected chi connectivity index (χ2v) is 15.1. The molecule has 234 valence electrons. The summed E-state index contributed by atoms with van der Waals surface area (Å²) in [6.07, 6.45) is -4.48. The van der Waals surface area contributed by atoms with Crippen molar-refractivity contribution in [3.8, 4) is 44.9 Å². The third kappa shape index (κ3) is 6.81. The van der Waals surface area contributed by atoms with Crippen LogP contribution >= 0.6 is 0 Å². The average molecular weight is 609 g/mol. The lowest BCUT2D eigenvalue weighted by Gasteiger charge is -2.20. The Hall–Kier alpha value is -4.05. The zero-order valence-electron chi connectivity index (χ0n) is 27.8. The molecule has 4 heteroatoms. The van der Waals surface area contributed by atoms with E-state index in [-0.39, 0.29) is 16.2 Å². The summed E-state index contributed by atoms with van der Waals surface area (Å²) in [5.74, 6) is 1.04. The Morgan fingerprint density at radius 1 is 0.400 bits per heavy atom. The van der Waals surface area contributed by atoms with Gasteiger partial charge in [0.15, 0.2) is 0 Å². The lowest BCUT2D eigenvalue weighted by atomic mass is 9.83. The Morgan fingerprint density at radius 2 is 0.756 bits per heavy atom. The second kappa shape index (κ2) is 11.4. The van der Waals surface area contributed by atoms with E-state index in [0.717, 1.165) is 33.9 Å². The molecule has 0 aliphatic heterocycles. The zero-order chi connectivity index (χ0) is 32.9. The van der Waals surface area contributed by atoms with E-state index in [2.05, 4.69) is 135 Å². The molecule has 0 amide bonds. The SMILES string of the molecule is CC(C)(C)c1ccc(-c2oc(-c3cccc(C(F)(F)F)c3)c(-c3ccc(C(C)(C)C)cc3)c2-c2ccc(C(C)(C)C)cc2)cc1. The molecule has 0 N–H and O–H groups in total. The average Bonchev–Trinajstić information content (AvgIpc) is 3.36. The zero-order valence-corrected chi connectivity index (χ0v) is 27.8. The largest absolute Gasteiger partial charge is 0.455 e. The predicted octanol–water partition coefficient (Wildman–Crippen LogP) is 12.9. The van der Waals surface area contributed by atoms with Crippen LogP contribution in [0.5, 0.6) is 0 Å². The first-order chi connectivity index (χ1) is 20.8. The highest BCUT2D eigenvalue weighted by molar-refractivity contribution is 5.99. The molecule has 1 nitrogen and oxygen atoms in total. The van der Waals surface area contributed by atoms with Crippen LogP contribution in [-0.4, -0.2) is 0 Å². The minimum Gasteiger partial charge on any atom is -0.455 e. The fourth-order valence-corrected chi connectivity index (χ4v) is 5.62. The van der Waals surface area contributed by atoms with E-state index >= 15 is 0 Å². The van der Waals surface area contributed by atoms with E-state index in [1.807, 2.05) is 0 Å². The van der Waals surface area contributed by atoms with E-state index in [4.69, 9.17) is 4.42 Å².